The van der Waals surface area contributed by atoms with Crippen LogP contribution >= 0.6 is 11.3 Å². The van der Waals surface area contributed by atoms with Gasteiger partial charge < -0.3 is 15.3 Å². The minimum absolute atomic E-state index is 0.0416. The number of likely N-dealkylation sites (tertiary alicyclic amines) is 1. The second-order valence-corrected chi connectivity index (χ2v) is 14.8. The Morgan fingerprint density at radius 1 is 0.868 bits per heavy atom. The second kappa shape index (κ2) is 14.9. The van der Waals surface area contributed by atoms with Crippen molar-refractivity contribution in [2.75, 3.05) is 13.1 Å². The third-order valence-electron chi connectivity index (χ3n) is 8.96. The van der Waals surface area contributed by atoms with Crippen molar-refractivity contribution in [1.82, 2.24) is 20.2 Å². The van der Waals surface area contributed by atoms with Gasteiger partial charge in [0.2, 0.25) is 5.91 Å². The normalized spacial score (nSPS) is 13.9. The summed E-state index contributed by atoms with van der Waals surface area (Å²) in [5.74, 6) is -6.09. The van der Waals surface area contributed by atoms with Gasteiger partial charge in [-0.25, -0.2) is 31.9 Å². The summed E-state index contributed by atoms with van der Waals surface area (Å²) >= 11 is 1.35. The molecule has 1 saturated heterocycles. The number of thiophene rings is 1. The molecule has 1 aliphatic rings. The Kier molecular flexibility index (Phi) is 10.4. The molecule has 5 aromatic rings. The predicted octanol–water partition coefficient (Wildman–Crippen LogP) is 8.08. The number of carbonyl (C=O) groups is 3. The molecule has 1 atom stereocenters. The number of carboxylic acid groups (broad SMARTS) is 1. The molecule has 14 heteroatoms. The first-order valence-corrected chi connectivity index (χ1v) is 17.3. The monoisotopic (exact) mass is 748 g/mol. The number of carbonyl (C=O) groups excluding carboxylic acids is 2. The summed E-state index contributed by atoms with van der Waals surface area (Å²) in [4.78, 5) is 49.7. The zero-order valence-electron chi connectivity index (χ0n) is 28.7. The lowest BCUT2D eigenvalue weighted by molar-refractivity contribution is -0.153. The Morgan fingerprint density at radius 3 is 2.09 bits per heavy atom. The molecule has 2 amide bonds. The third kappa shape index (κ3) is 7.97. The molecule has 0 unspecified atom stereocenters. The van der Waals surface area contributed by atoms with Crippen LogP contribution < -0.4 is 5.32 Å². The summed E-state index contributed by atoms with van der Waals surface area (Å²) in [7, 11) is 0. The van der Waals surface area contributed by atoms with Crippen LogP contribution in [0.25, 0.3) is 33.6 Å². The quantitative estimate of drug-likeness (QED) is 0.140. The molecule has 53 heavy (non-hydrogen) atoms. The van der Waals surface area contributed by atoms with Crippen LogP contribution in [0.2, 0.25) is 0 Å². The lowest BCUT2D eigenvalue weighted by atomic mass is 9.95. The average molecular weight is 749 g/mol. The third-order valence-corrected chi connectivity index (χ3v) is 10.5. The molecule has 0 radical (unpaired) electrons. The van der Waals surface area contributed by atoms with Gasteiger partial charge in [0, 0.05) is 59.0 Å². The van der Waals surface area contributed by atoms with Crippen molar-refractivity contribution in [1.29, 1.82) is 0 Å². The highest BCUT2D eigenvalue weighted by Crippen LogP contribution is 2.34. The highest BCUT2D eigenvalue weighted by Gasteiger charge is 2.39. The van der Waals surface area contributed by atoms with E-state index in [0.717, 1.165) is 23.1 Å². The Balaban J connectivity index is 1.16. The van der Waals surface area contributed by atoms with Gasteiger partial charge in [-0.3, -0.25) is 14.4 Å². The number of nitrogens with one attached hydrogen (secondary N) is 1. The van der Waals surface area contributed by atoms with Gasteiger partial charge >= 0.3 is 5.97 Å². The van der Waals surface area contributed by atoms with E-state index in [1.807, 2.05) is 26.8 Å². The number of halogens is 5. The molecule has 1 aliphatic heterocycles. The summed E-state index contributed by atoms with van der Waals surface area (Å²) < 4.78 is 69.7. The summed E-state index contributed by atoms with van der Waals surface area (Å²) in [6.07, 6.45) is -0.280. The lowest BCUT2D eigenvalue weighted by Gasteiger charge is -2.38. The number of rotatable bonds is 10. The summed E-state index contributed by atoms with van der Waals surface area (Å²) in [6.45, 7) is 6.24. The molecule has 0 aliphatic carbocycles. The number of hydrogen-bond acceptors (Lipinski definition) is 6. The van der Waals surface area contributed by atoms with Gasteiger partial charge in [0.15, 0.2) is 17.5 Å². The molecule has 8 nitrogen and oxygen atoms in total. The van der Waals surface area contributed by atoms with E-state index in [1.165, 1.54) is 40.8 Å². The van der Waals surface area contributed by atoms with Gasteiger partial charge in [0.25, 0.3) is 12.3 Å². The van der Waals surface area contributed by atoms with Crippen molar-refractivity contribution in [2.24, 2.45) is 5.92 Å². The SMILES string of the molecule is CC(C)(C)c1ccc(C(=O)N[C@@H](Cc2ccc(-c3ncc(-c4ccc(-c5ccc(C(F)F)c(F)c5F)cc4F)cn3)cc2)C(=O)N2CC(C(=O)O)C2)s1. The number of nitrogens with zero attached hydrogens (tertiary/aromatic N) is 3. The first kappa shape index (κ1) is 37.3. The van der Waals surface area contributed by atoms with Crippen LogP contribution in [0.5, 0.6) is 0 Å². The minimum Gasteiger partial charge on any atom is -0.481 e. The molecule has 0 spiro atoms. The van der Waals surface area contributed by atoms with Crippen LogP contribution in [0.1, 0.15) is 52.9 Å². The van der Waals surface area contributed by atoms with Crippen molar-refractivity contribution in [3.63, 3.8) is 0 Å². The highest BCUT2D eigenvalue weighted by atomic mass is 32.1. The van der Waals surface area contributed by atoms with Crippen LogP contribution in [0.3, 0.4) is 0 Å². The zero-order valence-corrected chi connectivity index (χ0v) is 29.5. The highest BCUT2D eigenvalue weighted by molar-refractivity contribution is 7.14. The number of hydrogen-bond donors (Lipinski definition) is 2. The molecule has 2 aromatic heterocycles. The van der Waals surface area contributed by atoms with Crippen LogP contribution in [-0.4, -0.2) is 56.9 Å². The van der Waals surface area contributed by atoms with Crippen LogP contribution in [0.15, 0.2) is 79.1 Å². The number of carboxylic acids is 1. The van der Waals surface area contributed by atoms with Crippen molar-refractivity contribution >= 4 is 29.1 Å². The van der Waals surface area contributed by atoms with E-state index in [-0.39, 0.29) is 47.5 Å². The number of benzene rings is 3. The number of aromatic nitrogens is 2. The van der Waals surface area contributed by atoms with E-state index in [4.69, 9.17) is 0 Å². The fourth-order valence-electron chi connectivity index (χ4n) is 5.84. The summed E-state index contributed by atoms with van der Waals surface area (Å²) in [6, 6.07) is 15.0. The Morgan fingerprint density at radius 2 is 1.51 bits per heavy atom. The average Bonchev–Trinajstić information content (AvgIpc) is 3.60. The van der Waals surface area contributed by atoms with E-state index in [2.05, 4.69) is 15.3 Å². The number of aliphatic carboxylic acids is 1. The van der Waals surface area contributed by atoms with E-state index in [9.17, 15) is 37.1 Å². The maximum atomic E-state index is 15.2. The van der Waals surface area contributed by atoms with Crippen LogP contribution in [0, 0.1) is 23.4 Å². The molecule has 1 fully saturated rings. The zero-order chi connectivity index (χ0) is 38.2. The van der Waals surface area contributed by atoms with Gasteiger partial charge in [0.05, 0.1) is 16.4 Å². The van der Waals surface area contributed by atoms with Gasteiger partial charge in [-0.1, -0.05) is 63.2 Å². The van der Waals surface area contributed by atoms with Gasteiger partial charge in [-0.2, -0.15) is 0 Å². The first-order chi connectivity index (χ1) is 25.1. The molecular weight excluding hydrogens is 716 g/mol. The molecule has 274 valence electrons. The first-order valence-electron chi connectivity index (χ1n) is 16.5. The molecule has 0 saturated carbocycles. The molecule has 6 rings (SSSR count). The van der Waals surface area contributed by atoms with Crippen LogP contribution in [-0.2, 0) is 21.4 Å². The molecule has 0 bridgehead atoms. The van der Waals surface area contributed by atoms with Gasteiger partial charge in [-0.05, 0) is 40.8 Å². The number of amides is 2. The maximum Gasteiger partial charge on any atom is 0.310 e. The standard InChI is InChI=1S/C39H33F5N4O4S/c1-39(2,3)31-13-12-30(53-31)36(49)47-29(37(50)48-18-24(19-48)38(51)52)14-20-4-6-21(7-5-20)35-45-16-23(17-46-35)25-9-8-22(15-28(25)40)26-10-11-27(34(43)44)33(42)32(26)41/h4-13,15-17,24,29,34H,14,18-19H2,1-3H3,(H,47,49)(H,51,52)/t29-/m0/s1. The molecule has 2 N–H and O–H groups in total. The molecule has 3 heterocycles. The lowest BCUT2D eigenvalue weighted by Crippen LogP contribution is -2.59. The Hall–Kier alpha value is -5.50. The Bertz CT molecular complexity index is 2180. The van der Waals surface area contributed by atoms with E-state index >= 15 is 4.39 Å². The summed E-state index contributed by atoms with van der Waals surface area (Å²) in [5.41, 5.74) is 0.0421. The second-order valence-electron chi connectivity index (χ2n) is 13.7. The Labute approximate surface area is 305 Å². The fourth-order valence-corrected chi connectivity index (χ4v) is 6.81. The number of alkyl halides is 2. The summed E-state index contributed by atoms with van der Waals surface area (Å²) in [5, 5.41) is 12.1. The largest absolute Gasteiger partial charge is 0.481 e. The minimum atomic E-state index is -3.20. The fraction of sp³-hybridized carbons (Fsp3) is 0.256. The van der Waals surface area contributed by atoms with Crippen molar-refractivity contribution in [3.8, 4) is 33.6 Å². The van der Waals surface area contributed by atoms with Gasteiger partial charge in [-0.15, -0.1) is 11.3 Å². The van der Waals surface area contributed by atoms with E-state index in [0.29, 0.717) is 27.4 Å². The van der Waals surface area contributed by atoms with E-state index in [1.54, 1.807) is 30.3 Å². The maximum absolute atomic E-state index is 15.2. The topological polar surface area (TPSA) is 112 Å². The smallest absolute Gasteiger partial charge is 0.310 e. The molecular formula is C39H33F5N4O4S. The van der Waals surface area contributed by atoms with Crippen LogP contribution in [0.4, 0.5) is 22.0 Å². The van der Waals surface area contributed by atoms with Gasteiger partial charge in [0.1, 0.15) is 11.9 Å². The van der Waals surface area contributed by atoms with Crippen molar-refractivity contribution in [3.05, 3.63) is 117 Å². The van der Waals surface area contributed by atoms with Crippen molar-refractivity contribution < 1.29 is 41.4 Å². The molecule has 3 aromatic carbocycles. The van der Waals surface area contributed by atoms with E-state index < -0.39 is 53.3 Å². The predicted molar refractivity (Wildman–Crippen MR) is 189 cm³/mol. The van der Waals surface area contributed by atoms with Crippen molar-refractivity contribution in [2.45, 2.75) is 45.1 Å².